The van der Waals surface area contributed by atoms with Crippen molar-refractivity contribution in [2.75, 3.05) is 0 Å². The quantitative estimate of drug-likeness (QED) is 0.459. The van der Waals surface area contributed by atoms with Crippen LogP contribution in [0.2, 0.25) is 0 Å². The highest BCUT2D eigenvalue weighted by Gasteiger charge is 2.40. The fourth-order valence-electron chi connectivity index (χ4n) is 1.71. The van der Waals surface area contributed by atoms with Gasteiger partial charge in [0, 0.05) is 0 Å². The fraction of sp³-hybridized carbons (Fsp3) is 0.765. The maximum atomic E-state index is 2.27. The molecule has 2 rings (SSSR count). The summed E-state index contributed by atoms with van der Waals surface area (Å²) in [6.07, 6.45) is 8.46. The van der Waals surface area contributed by atoms with Gasteiger partial charge in [-0.2, -0.15) is 0 Å². The van der Waals surface area contributed by atoms with Gasteiger partial charge < -0.3 is 0 Å². The van der Waals surface area contributed by atoms with Crippen LogP contribution in [0.1, 0.15) is 74.7 Å². The summed E-state index contributed by atoms with van der Waals surface area (Å²) in [5.74, 6) is 1.88. The van der Waals surface area contributed by atoms with Crippen molar-refractivity contribution in [3.8, 4) is 0 Å². The van der Waals surface area contributed by atoms with Gasteiger partial charge in [-0.25, -0.2) is 0 Å². The molecule has 0 nitrogen and oxygen atoms in total. The molecule has 102 valence electrons. The second-order valence-corrected chi connectivity index (χ2v) is 4.68. The summed E-state index contributed by atoms with van der Waals surface area (Å²) in [6.45, 7) is 17.0. The first-order valence-electron chi connectivity index (χ1n) is 7.47. The number of fused-ring (bicyclic) bond motifs is 1. The number of allylic oxidation sites excluding steroid dienone is 4. The van der Waals surface area contributed by atoms with Gasteiger partial charge in [0.25, 0.3) is 0 Å². The average molecular weight is 238 g/mol. The second-order valence-electron chi connectivity index (χ2n) is 4.68. The lowest BCUT2D eigenvalue weighted by atomic mass is 10.0. The van der Waals surface area contributed by atoms with Gasteiger partial charge in [-0.3, -0.25) is 0 Å². The number of hydrogen-bond donors (Lipinski definition) is 0. The third kappa shape index (κ3) is 8.24. The normalized spacial score (nSPS) is 23.1. The van der Waals surface area contributed by atoms with Crippen molar-refractivity contribution in [3.05, 3.63) is 23.3 Å². The van der Waals surface area contributed by atoms with Gasteiger partial charge in [-0.15, -0.1) is 0 Å². The number of rotatable bonds is 0. The van der Waals surface area contributed by atoms with Crippen LogP contribution in [-0.2, 0) is 0 Å². The maximum Gasteiger partial charge on any atom is -0.0131 e. The van der Waals surface area contributed by atoms with E-state index >= 15 is 0 Å². The molecule has 2 atom stereocenters. The Labute approximate surface area is 110 Å². The third-order valence-electron chi connectivity index (χ3n) is 2.57. The van der Waals surface area contributed by atoms with E-state index in [-0.39, 0.29) is 0 Å². The highest BCUT2D eigenvalue weighted by atomic mass is 14.4. The Morgan fingerprint density at radius 2 is 1.06 bits per heavy atom. The van der Waals surface area contributed by atoms with Crippen LogP contribution in [0, 0.1) is 11.8 Å². The summed E-state index contributed by atoms with van der Waals surface area (Å²) >= 11 is 0. The van der Waals surface area contributed by atoms with E-state index in [4.69, 9.17) is 0 Å². The standard InChI is InChI=1S/C9H12.2C3H8.C2H6/c1-6-3-4-7(2)9-5-8(6)9;2*1-3-2;1-2/h3-4,8-9H,5H2,1-2H3;2*3H2,1-2H3;1-2H3. The Morgan fingerprint density at radius 1 is 0.824 bits per heavy atom. The smallest absolute Gasteiger partial charge is 0.0131 e. The minimum Gasteiger partial charge on any atom is -0.0696 e. The summed E-state index contributed by atoms with van der Waals surface area (Å²) in [5.41, 5.74) is 3.18. The lowest BCUT2D eigenvalue weighted by molar-refractivity contribution is 0.860. The highest BCUT2D eigenvalue weighted by molar-refractivity contribution is 5.33. The van der Waals surface area contributed by atoms with E-state index in [1.54, 1.807) is 11.1 Å². The molecule has 17 heavy (non-hydrogen) atoms. The first-order valence-corrected chi connectivity index (χ1v) is 7.47. The van der Waals surface area contributed by atoms with Crippen molar-refractivity contribution >= 4 is 0 Å². The Hall–Kier alpha value is -0.520. The molecule has 0 aromatic rings. The molecular formula is C17H34. The first kappa shape index (κ1) is 18.8. The minimum absolute atomic E-state index is 0.940. The van der Waals surface area contributed by atoms with Crippen LogP contribution in [-0.4, -0.2) is 0 Å². The Kier molecular flexibility index (Phi) is 13.2. The van der Waals surface area contributed by atoms with Crippen LogP contribution in [0.15, 0.2) is 23.3 Å². The molecule has 2 unspecified atom stereocenters. The van der Waals surface area contributed by atoms with Gasteiger partial charge in [0.1, 0.15) is 0 Å². The summed E-state index contributed by atoms with van der Waals surface area (Å²) in [5, 5.41) is 0. The van der Waals surface area contributed by atoms with Gasteiger partial charge in [0.05, 0.1) is 0 Å². The Balaban J connectivity index is 0. The number of hydrogen-bond acceptors (Lipinski definition) is 0. The third-order valence-corrected chi connectivity index (χ3v) is 2.57. The molecule has 0 aliphatic heterocycles. The largest absolute Gasteiger partial charge is 0.0696 e. The van der Waals surface area contributed by atoms with Crippen molar-refractivity contribution in [2.24, 2.45) is 11.8 Å². The van der Waals surface area contributed by atoms with E-state index in [1.807, 2.05) is 13.8 Å². The van der Waals surface area contributed by atoms with Gasteiger partial charge in [-0.1, -0.05) is 77.7 Å². The molecular weight excluding hydrogens is 204 g/mol. The van der Waals surface area contributed by atoms with Crippen LogP contribution in [0.3, 0.4) is 0 Å². The molecule has 0 aromatic heterocycles. The molecule has 0 amide bonds. The summed E-state index contributed by atoms with van der Waals surface area (Å²) < 4.78 is 0. The fourth-order valence-corrected chi connectivity index (χ4v) is 1.71. The van der Waals surface area contributed by atoms with Gasteiger partial charge in [0.2, 0.25) is 0 Å². The molecule has 1 saturated carbocycles. The molecule has 0 N–H and O–H groups in total. The highest BCUT2D eigenvalue weighted by Crippen LogP contribution is 2.50. The van der Waals surface area contributed by atoms with Crippen molar-refractivity contribution < 1.29 is 0 Å². The molecule has 0 heterocycles. The van der Waals surface area contributed by atoms with Crippen molar-refractivity contribution in [1.82, 2.24) is 0 Å². The minimum atomic E-state index is 0.940. The average Bonchev–Trinajstić information content (AvgIpc) is 3.10. The summed E-state index contributed by atoms with van der Waals surface area (Å²) in [6, 6.07) is 0. The van der Waals surface area contributed by atoms with E-state index in [9.17, 15) is 0 Å². The summed E-state index contributed by atoms with van der Waals surface area (Å²) in [7, 11) is 0. The molecule has 2 aliphatic carbocycles. The predicted molar refractivity (Wildman–Crippen MR) is 82.4 cm³/mol. The zero-order valence-corrected chi connectivity index (χ0v) is 13.4. The van der Waals surface area contributed by atoms with Gasteiger partial charge in [-0.05, 0) is 32.1 Å². The topological polar surface area (TPSA) is 0 Å². The molecule has 1 fully saturated rings. The van der Waals surface area contributed by atoms with E-state index in [1.165, 1.54) is 19.3 Å². The van der Waals surface area contributed by atoms with Crippen molar-refractivity contribution in [1.29, 1.82) is 0 Å². The zero-order chi connectivity index (χ0) is 13.8. The van der Waals surface area contributed by atoms with E-state index in [0.717, 1.165) is 11.8 Å². The van der Waals surface area contributed by atoms with Gasteiger partial charge in [0.15, 0.2) is 0 Å². The van der Waals surface area contributed by atoms with E-state index < -0.39 is 0 Å². The van der Waals surface area contributed by atoms with Crippen LogP contribution >= 0.6 is 0 Å². The van der Waals surface area contributed by atoms with Crippen LogP contribution < -0.4 is 0 Å². The van der Waals surface area contributed by atoms with Gasteiger partial charge >= 0.3 is 0 Å². The molecule has 2 aliphatic rings. The Morgan fingerprint density at radius 3 is 1.29 bits per heavy atom. The zero-order valence-electron chi connectivity index (χ0n) is 13.4. The van der Waals surface area contributed by atoms with E-state index in [0.29, 0.717) is 0 Å². The molecule has 0 spiro atoms. The molecule has 0 heteroatoms. The van der Waals surface area contributed by atoms with Crippen molar-refractivity contribution in [2.45, 2.75) is 74.7 Å². The summed E-state index contributed by atoms with van der Waals surface area (Å²) in [4.78, 5) is 0. The van der Waals surface area contributed by atoms with Crippen LogP contribution in [0.4, 0.5) is 0 Å². The molecule has 0 radical (unpaired) electrons. The lowest BCUT2D eigenvalue weighted by Gasteiger charge is -2.04. The molecule has 0 bridgehead atoms. The van der Waals surface area contributed by atoms with Crippen molar-refractivity contribution in [3.63, 3.8) is 0 Å². The molecule has 0 aromatic carbocycles. The predicted octanol–water partition coefficient (Wildman–Crippen LogP) is 6.39. The van der Waals surface area contributed by atoms with E-state index in [2.05, 4.69) is 53.7 Å². The van der Waals surface area contributed by atoms with Crippen LogP contribution in [0.5, 0.6) is 0 Å². The first-order chi connectivity index (χ1) is 8.12. The Bertz CT molecular complexity index is 196. The molecule has 0 saturated heterocycles. The second kappa shape index (κ2) is 12.0. The monoisotopic (exact) mass is 238 g/mol. The SMILES string of the molecule is CC.CC1=CC=C(C)C2CC12.CCC.CCC. The van der Waals surface area contributed by atoms with Crippen LogP contribution in [0.25, 0.3) is 0 Å². The lowest BCUT2D eigenvalue weighted by Crippen LogP contribution is -1.91. The maximum absolute atomic E-state index is 2.27.